The number of aliphatic hydroxyl groups is 1. The molecule has 0 radical (unpaired) electrons. The second-order valence-corrected chi connectivity index (χ2v) is 4.88. The molecule has 0 rings (SSSR count). The van der Waals surface area contributed by atoms with Crippen molar-refractivity contribution >= 4 is 16.3 Å². The van der Waals surface area contributed by atoms with Gasteiger partial charge in [-0.05, 0) is 26.7 Å². The molecule has 7 nitrogen and oxygen atoms in total. The molecule has 1 amide bonds. The molecular formula is C8H18N2O5S. The summed E-state index contributed by atoms with van der Waals surface area (Å²) in [5, 5.41) is 8.47. The average Bonchev–Trinajstić information content (AvgIpc) is 2.10. The summed E-state index contributed by atoms with van der Waals surface area (Å²) in [6.07, 6.45) is -0.399. The molecule has 96 valence electrons. The van der Waals surface area contributed by atoms with Crippen molar-refractivity contribution in [3.63, 3.8) is 0 Å². The smallest absolute Gasteiger partial charge is 0.422 e. The van der Waals surface area contributed by atoms with Gasteiger partial charge in [0.15, 0.2) is 0 Å². The van der Waals surface area contributed by atoms with Gasteiger partial charge in [0.1, 0.15) is 0 Å². The molecule has 0 bridgehead atoms. The van der Waals surface area contributed by atoms with Crippen molar-refractivity contribution < 1.29 is 23.1 Å². The fourth-order valence-corrected chi connectivity index (χ4v) is 1.58. The molecule has 3 N–H and O–H groups in total. The van der Waals surface area contributed by atoms with Crippen LogP contribution in [-0.2, 0) is 14.9 Å². The van der Waals surface area contributed by atoms with E-state index in [-0.39, 0.29) is 19.3 Å². The maximum Gasteiger partial charge on any atom is 0.422 e. The molecule has 16 heavy (non-hydrogen) atoms. The first-order chi connectivity index (χ1) is 7.37. The van der Waals surface area contributed by atoms with Crippen molar-refractivity contribution in [3.05, 3.63) is 0 Å². The Hall–Kier alpha value is -0.860. The topological polar surface area (TPSA) is 105 Å². The summed E-state index contributed by atoms with van der Waals surface area (Å²) in [5.41, 5.74) is 0. The molecule has 0 saturated heterocycles. The summed E-state index contributed by atoms with van der Waals surface area (Å²) in [4.78, 5) is 11.0. The third kappa shape index (κ3) is 8.45. The van der Waals surface area contributed by atoms with E-state index in [9.17, 15) is 13.2 Å². The molecule has 0 unspecified atom stereocenters. The number of aliphatic hydroxyl groups excluding tert-OH is 1. The van der Waals surface area contributed by atoms with E-state index in [1.54, 1.807) is 18.6 Å². The van der Waals surface area contributed by atoms with Crippen LogP contribution in [0.25, 0.3) is 0 Å². The summed E-state index contributed by atoms with van der Waals surface area (Å²) in [5.74, 6) is 0. The Kier molecular flexibility index (Phi) is 7.02. The number of unbranched alkanes of at least 4 members (excludes halogenated alkanes) is 1. The van der Waals surface area contributed by atoms with Crippen molar-refractivity contribution in [1.82, 2.24) is 9.44 Å². The normalized spacial score (nSPS) is 11.5. The molecule has 0 atom stereocenters. The van der Waals surface area contributed by atoms with Gasteiger partial charge in [0.2, 0.25) is 0 Å². The number of hydrogen-bond acceptors (Lipinski definition) is 5. The minimum atomic E-state index is -3.86. The van der Waals surface area contributed by atoms with Crippen LogP contribution in [0.5, 0.6) is 0 Å². The summed E-state index contributed by atoms with van der Waals surface area (Å²) >= 11 is 0. The molecule has 0 fully saturated rings. The van der Waals surface area contributed by atoms with Crippen molar-refractivity contribution in [1.29, 1.82) is 0 Å². The van der Waals surface area contributed by atoms with Gasteiger partial charge in [0.05, 0.1) is 6.10 Å². The van der Waals surface area contributed by atoms with Crippen LogP contribution in [0.3, 0.4) is 0 Å². The first-order valence-corrected chi connectivity index (χ1v) is 6.44. The van der Waals surface area contributed by atoms with Crippen molar-refractivity contribution in [3.8, 4) is 0 Å². The lowest BCUT2D eigenvalue weighted by atomic mass is 10.3. The van der Waals surface area contributed by atoms with Gasteiger partial charge in [0, 0.05) is 13.2 Å². The molecule has 8 heteroatoms. The number of carbonyl (C=O) groups excluding carboxylic acids is 1. The van der Waals surface area contributed by atoms with Gasteiger partial charge >= 0.3 is 16.3 Å². The Bertz CT molecular complexity index is 302. The van der Waals surface area contributed by atoms with Crippen molar-refractivity contribution in [2.45, 2.75) is 32.8 Å². The molecule has 0 heterocycles. The van der Waals surface area contributed by atoms with E-state index >= 15 is 0 Å². The first-order valence-electron chi connectivity index (χ1n) is 4.96. The van der Waals surface area contributed by atoms with Crippen LogP contribution in [0, 0.1) is 0 Å². The third-order valence-electron chi connectivity index (χ3n) is 1.44. The van der Waals surface area contributed by atoms with Crippen LogP contribution in [0.15, 0.2) is 0 Å². The zero-order chi connectivity index (χ0) is 12.6. The Labute approximate surface area is 95.4 Å². The van der Waals surface area contributed by atoms with Crippen LogP contribution >= 0.6 is 0 Å². The van der Waals surface area contributed by atoms with Crippen LogP contribution < -0.4 is 9.44 Å². The quantitative estimate of drug-likeness (QED) is 0.542. The molecule has 0 aliphatic rings. The Morgan fingerprint density at radius 3 is 2.50 bits per heavy atom. The minimum Gasteiger partial charge on any atom is -0.446 e. The second kappa shape index (κ2) is 7.42. The fraction of sp³-hybridized carbons (Fsp3) is 0.875. The van der Waals surface area contributed by atoms with Crippen LogP contribution in [0.2, 0.25) is 0 Å². The number of carbonyl (C=O) groups is 1. The molecular weight excluding hydrogens is 236 g/mol. The third-order valence-corrected chi connectivity index (χ3v) is 2.46. The van der Waals surface area contributed by atoms with E-state index in [4.69, 9.17) is 5.11 Å². The summed E-state index contributed by atoms with van der Waals surface area (Å²) < 4.78 is 30.9. The summed E-state index contributed by atoms with van der Waals surface area (Å²) in [7, 11) is -3.86. The molecule has 0 aliphatic heterocycles. The number of nitrogens with one attached hydrogen (secondary N) is 2. The zero-order valence-corrected chi connectivity index (χ0v) is 10.2. The highest BCUT2D eigenvalue weighted by atomic mass is 32.2. The molecule has 0 saturated carbocycles. The van der Waals surface area contributed by atoms with Gasteiger partial charge in [-0.1, -0.05) is 0 Å². The predicted molar refractivity (Wildman–Crippen MR) is 58.0 cm³/mol. The van der Waals surface area contributed by atoms with Crippen LogP contribution in [-0.4, -0.2) is 38.9 Å². The van der Waals surface area contributed by atoms with Crippen molar-refractivity contribution in [2.24, 2.45) is 0 Å². The summed E-state index contributed by atoms with van der Waals surface area (Å²) in [6, 6.07) is 0. The van der Waals surface area contributed by atoms with E-state index in [0.29, 0.717) is 12.8 Å². The van der Waals surface area contributed by atoms with Gasteiger partial charge in [0.25, 0.3) is 0 Å². The maximum atomic E-state index is 11.2. The highest BCUT2D eigenvalue weighted by molar-refractivity contribution is 7.88. The van der Waals surface area contributed by atoms with Crippen LogP contribution in [0.1, 0.15) is 26.7 Å². The Balaban J connectivity index is 3.91. The number of amides is 1. The molecule has 0 aromatic carbocycles. The van der Waals surface area contributed by atoms with E-state index in [1.165, 1.54) is 0 Å². The van der Waals surface area contributed by atoms with Gasteiger partial charge < -0.3 is 9.84 Å². The molecule has 0 aliphatic carbocycles. The van der Waals surface area contributed by atoms with Gasteiger partial charge in [-0.25, -0.2) is 9.52 Å². The van der Waals surface area contributed by atoms with Crippen molar-refractivity contribution in [2.75, 3.05) is 13.2 Å². The van der Waals surface area contributed by atoms with Crippen LogP contribution in [0.4, 0.5) is 4.79 Å². The Morgan fingerprint density at radius 1 is 1.38 bits per heavy atom. The molecule has 0 aromatic heterocycles. The largest absolute Gasteiger partial charge is 0.446 e. The van der Waals surface area contributed by atoms with E-state index in [0.717, 1.165) is 0 Å². The SMILES string of the molecule is CC(C)OC(=O)NS(=O)(=O)NCCCCO. The van der Waals surface area contributed by atoms with E-state index in [1.807, 2.05) is 0 Å². The van der Waals surface area contributed by atoms with Gasteiger partial charge in [-0.15, -0.1) is 0 Å². The standard InChI is InChI=1S/C8H18N2O5S/c1-7(2)15-8(12)10-16(13,14)9-5-3-4-6-11/h7,9,11H,3-6H2,1-2H3,(H,10,12). The maximum absolute atomic E-state index is 11.2. The lowest BCUT2D eigenvalue weighted by Crippen LogP contribution is -2.41. The second-order valence-electron chi connectivity index (χ2n) is 3.38. The van der Waals surface area contributed by atoms with E-state index in [2.05, 4.69) is 9.46 Å². The monoisotopic (exact) mass is 254 g/mol. The first kappa shape index (κ1) is 15.1. The predicted octanol–water partition coefficient (Wildman–Crippen LogP) is -0.272. The minimum absolute atomic E-state index is 0.00451. The lowest BCUT2D eigenvalue weighted by molar-refractivity contribution is 0.121. The number of ether oxygens (including phenoxy) is 1. The lowest BCUT2D eigenvalue weighted by Gasteiger charge is -2.10. The Morgan fingerprint density at radius 2 is 2.00 bits per heavy atom. The number of rotatable bonds is 7. The van der Waals surface area contributed by atoms with Gasteiger partial charge in [-0.3, -0.25) is 0 Å². The van der Waals surface area contributed by atoms with Gasteiger partial charge in [-0.2, -0.15) is 13.1 Å². The highest BCUT2D eigenvalue weighted by Gasteiger charge is 2.15. The average molecular weight is 254 g/mol. The molecule has 0 spiro atoms. The fourth-order valence-electron chi connectivity index (χ4n) is 0.827. The highest BCUT2D eigenvalue weighted by Crippen LogP contribution is 1.91. The number of hydrogen-bond donors (Lipinski definition) is 3. The molecule has 0 aromatic rings. The zero-order valence-electron chi connectivity index (χ0n) is 9.39. The summed E-state index contributed by atoms with van der Waals surface area (Å²) in [6.45, 7) is 3.39. The van der Waals surface area contributed by atoms with E-state index < -0.39 is 16.3 Å².